The highest BCUT2D eigenvalue weighted by Gasteiger charge is 2.25. The lowest BCUT2D eigenvalue weighted by Gasteiger charge is -2.17. The molecule has 1 heterocycles. The first-order chi connectivity index (χ1) is 9.08. The molecule has 0 spiro atoms. The molecule has 1 aliphatic rings. The van der Waals surface area contributed by atoms with Crippen LogP contribution in [0.4, 0.5) is 5.69 Å². The maximum absolute atomic E-state index is 12.6. The lowest BCUT2D eigenvalue weighted by atomic mass is 10.0. The summed E-state index contributed by atoms with van der Waals surface area (Å²) in [6.07, 6.45) is 0. The number of carbonyl (C=O) groups excluding carboxylic acids is 1. The monoisotopic (exact) mass is 309 g/mol. The third kappa shape index (κ3) is 2.12. The maximum atomic E-state index is 12.6. The Morgan fingerprint density at radius 2 is 1.74 bits per heavy atom. The van der Waals surface area contributed by atoms with Crippen LogP contribution in [-0.4, -0.2) is 12.8 Å². The van der Waals surface area contributed by atoms with Gasteiger partial charge in [-0.15, -0.1) is 0 Å². The SMILES string of the molecule is CN1Sc2cc(Cl)c(Cl)cc2C(=O)c2ccccc21. The Balaban J connectivity index is 2.26. The highest BCUT2D eigenvalue weighted by molar-refractivity contribution is 8.00. The first-order valence-electron chi connectivity index (χ1n) is 5.62. The van der Waals surface area contributed by atoms with Crippen molar-refractivity contribution in [3.63, 3.8) is 0 Å². The van der Waals surface area contributed by atoms with Gasteiger partial charge in [-0.3, -0.25) is 4.79 Å². The van der Waals surface area contributed by atoms with Crippen LogP contribution >= 0.6 is 35.1 Å². The van der Waals surface area contributed by atoms with E-state index in [-0.39, 0.29) is 5.78 Å². The normalized spacial score (nSPS) is 13.8. The molecule has 3 rings (SSSR count). The first-order valence-corrected chi connectivity index (χ1v) is 7.15. The fourth-order valence-corrected chi connectivity index (χ4v) is 3.43. The van der Waals surface area contributed by atoms with Crippen molar-refractivity contribution >= 4 is 46.6 Å². The molecule has 0 aliphatic carbocycles. The Morgan fingerprint density at radius 1 is 1.05 bits per heavy atom. The zero-order valence-electron chi connectivity index (χ0n) is 9.98. The second-order valence-corrected chi connectivity index (χ2v) is 6.18. The highest BCUT2D eigenvalue weighted by atomic mass is 35.5. The summed E-state index contributed by atoms with van der Waals surface area (Å²) in [6, 6.07) is 10.9. The van der Waals surface area contributed by atoms with Crippen LogP contribution in [0.1, 0.15) is 15.9 Å². The smallest absolute Gasteiger partial charge is 0.196 e. The van der Waals surface area contributed by atoms with Crippen molar-refractivity contribution in [1.82, 2.24) is 0 Å². The van der Waals surface area contributed by atoms with E-state index in [4.69, 9.17) is 23.2 Å². The predicted molar refractivity (Wildman–Crippen MR) is 80.6 cm³/mol. The van der Waals surface area contributed by atoms with Gasteiger partial charge in [0.25, 0.3) is 0 Å². The van der Waals surface area contributed by atoms with E-state index in [1.54, 1.807) is 12.1 Å². The second-order valence-electron chi connectivity index (χ2n) is 4.20. The number of rotatable bonds is 0. The van der Waals surface area contributed by atoms with Crippen molar-refractivity contribution < 1.29 is 4.79 Å². The summed E-state index contributed by atoms with van der Waals surface area (Å²) in [7, 11) is 1.92. The zero-order chi connectivity index (χ0) is 13.6. The molecule has 0 fully saturated rings. The van der Waals surface area contributed by atoms with Crippen molar-refractivity contribution in [2.24, 2.45) is 0 Å². The first kappa shape index (κ1) is 12.9. The third-order valence-electron chi connectivity index (χ3n) is 2.99. The van der Waals surface area contributed by atoms with Gasteiger partial charge in [0.2, 0.25) is 0 Å². The summed E-state index contributed by atoms with van der Waals surface area (Å²) >= 11 is 13.5. The van der Waals surface area contributed by atoms with Crippen molar-refractivity contribution in [1.29, 1.82) is 0 Å². The maximum Gasteiger partial charge on any atom is 0.196 e. The van der Waals surface area contributed by atoms with Gasteiger partial charge in [0.1, 0.15) is 0 Å². The number of para-hydroxylation sites is 1. The van der Waals surface area contributed by atoms with Gasteiger partial charge >= 0.3 is 0 Å². The predicted octanol–water partition coefficient (Wildman–Crippen LogP) is 4.68. The lowest BCUT2D eigenvalue weighted by Crippen LogP contribution is -2.07. The lowest BCUT2D eigenvalue weighted by molar-refractivity contribution is 0.103. The average molecular weight is 310 g/mol. The molecule has 2 aromatic carbocycles. The van der Waals surface area contributed by atoms with E-state index in [0.29, 0.717) is 21.2 Å². The number of ketones is 1. The molecule has 0 aromatic heterocycles. The molecule has 2 aromatic rings. The summed E-state index contributed by atoms with van der Waals surface area (Å²) in [4.78, 5) is 13.4. The molecule has 0 unspecified atom stereocenters. The molecule has 96 valence electrons. The number of halogens is 2. The summed E-state index contributed by atoms with van der Waals surface area (Å²) < 4.78 is 1.96. The largest absolute Gasteiger partial charge is 0.314 e. The average Bonchev–Trinajstić information content (AvgIpc) is 2.50. The molecule has 0 atom stereocenters. The molecule has 2 nitrogen and oxygen atoms in total. The van der Waals surface area contributed by atoms with Gasteiger partial charge in [-0.2, -0.15) is 0 Å². The summed E-state index contributed by atoms with van der Waals surface area (Å²) in [5.74, 6) is -0.0268. The minimum absolute atomic E-state index is 0.0268. The van der Waals surface area contributed by atoms with Gasteiger partial charge < -0.3 is 4.31 Å². The fourth-order valence-electron chi connectivity index (χ4n) is 2.06. The molecule has 0 radical (unpaired) electrons. The quantitative estimate of drug-likeness (QED) is 0.659. The molecule has 0 saturated carbocycles. The molecule has 0 saturated heterocycles. The van der Waals surface area contributed by atoms with Crippen molar-refractivity contribution in [3.8, 4) is 0 Å². The van der Waals surface area contributed by atoms with Gasteiger partial charge in [0, 0.05) is 23.1 Å². The van der Waals surface area contributed by atoms with Gasteiger partial charge in [-0.25, -0.2) is 0 Å². The Bertz CT molecular complexity index is 687. The Kier molecular flexibility index (Phi) is 3.21. The van der Waals surface area contributed by atoms with Gasteiger partial charge in [-0.1, -0.05) is 35.3 Å². The number of benzene rings is 2. The molecule has 0 N–H and O–H groups in total. The number of hydrogen-bond donors (Lipinski definition) is 0. The molecular weight excluding hydrogens is 301 g/mol. The van der Waals surface area contributed by atoms with Crippen LogP contribution in [0, 0.1) is 0 Å². The number of fused-ring (bicyclic) bond motifs is 2. The summed E-state index contributed by atoms with van der Waals surface area (Å²) in [6.45, 7) is 0. The molecular formula is C14H9Cl2NOS. The van der Waals surface area contributed by atoms with E-state index in [0.717, 1.165) is 10.6 Å². The van der Waals surface area contributed by atoms with Crippen LogP contribution in [0.3, 0.4) is 0 Å². The minimum atomic E-state index is -0.0268. The zero-order valence-corrected chi connectivity index (χ0v) is 12.3. The van der Waals surface area contributed by atoms with Crippen molar-refractivity contribution in [3.05, 3.63) is 57.6 Å². The molecule has 19 heavy (non-hydrogen) atoms. The van der Waals surface area contributed by atoms with E-state index >= 15 is 0 Å². The molecule has 1 aliphatic heterocycles. The number of hydrogen-bond acceptors (Lipinski definition) is 3. The second kappa shape index (κ2) is 4.75. The van der Waals surface area contributed by atoms with Crippen LogP contribution in [-0.2, 0) is 0 Å². The Morgan fingerprint density at radius 3 is 2.53 bits per heavy atom. The highest BCUT2D eigenvalue weighted by Crippen LogP contribution is 2.40. The van der Waals surface area contributed by atoms with Crippen LogP contribution < -0.4 is 4.31 Å². The van der Waals surface area contributed by atoms with E-state index in [9.17, 15) is 4.79 Å². The van der Waals surface area contributed by atoms with Crippen molar-refractivity contribution in [2.45, 2.75) is 4.90 Å². The number of anilines is 1. The molecule has 0 amide bonds. The molecule has 5 heteroatoms. The van der Waals surface area contributed by atoms with E-state index in [1.165, 1.54) is 11.9 Å². The third-order valence-corrected chi connectivity index (χ3v) is 4.72. The fraction of sp³-hybridized carbons (Fsp3) is 0.0714. The van der Waals surface area contributed by atoms with Gasteiger partial charge in [0.15, 0.2) is 5.78 Å². The molecule has 0 bridgehead atoms. The van der Waals surface area contributed by atoms with Crippen LogP contribution in [0.15, 0.2) is 41.3 Å². The van der Waals surface area contributed by atoms with E-state index in [2.05, 4.69) is 0 Å². The van der Waals surface area contributed by atoms with Gasteiger partial charge in [0.05, 0.1) is 15.7 Å². The number of carbonyl (C=O) groups is 1. The summed E-state index contributed by atoms with van der Waals surface area (Å²) in [5.41, 5.74) is 2.16. The topological polar surface area (TPSA) is 20.3 Å². The Labute approximate surface area is 125 Å². The summed E-state index contributed by atoms with van der Waals surface area (Å²) in [5, 5.41) is 0.858. The minimum Gasteiger partial charge on any atom is -0.314 e. The van der Waals surface area contributed by atoms with Crippen LogP contribution in [0.25, 0.3) is 0 Å². The van der Waals surface area contributed by atoms with Crippen LogP contribution in [0.2, 0.25) is 10.0 Å². The number of nitrogens with zero attached hydrogens (tertiary/aromatic N) is 1. The van der Waals surface area contributed by atoms with E-state index < -0.39 is 0 Å². The van der Waals surface area contributed by atoms with Gasteiger partial charge in [-0.05, 0) is 36.2 Å². The van der Waals surface area contributed by atoms with Crippen molar-refractivity contribution in [2.75, 3.05) is 11.4 Å². The van der Waals surface area contributed by atoms with Crippen LogP contribution in [0.5, 0.6) is 0 Å². The van der Waals surface area contributed by atoms with E-state index in [1.807, 2.05) is 35.6 Å². The standard InChI is InChI=1S/C14H9Cl2NOS/c1-17-12-5-3-2-4-8(12)14(18)9-6-10(15)11(16)7-13(9)19-17/h2-7H,1H3. The Hall–Kier alpha value is -1.16.